The molecule has 2 aromatic heterocycles. The van der Waals surface area contributed by atoms with Crippen molar-refractivity contribution in [3.05, 3.63) is 40.0 Å². The molecule has 0 radical (unpaired) electrons. The van der Waals surface area contributed by atoms with E-state index in [4.69, 9.17) is 9.47 Å². The summed E-state index contributed by atoms with van der Waals surface area (Å²) in [7, 11) is 3.38. The molecule has 0 aromatic carbocycles. The quantitative estimate of drug-likeness (QED) is 0.263. The SMILES string of the molecule is CN=C(NCc1ccc(OCCOC)nc1)NCc1nc(C)cs1.I. The van der Waals surface area contributed by atoms with Crippen LogP contribution in [0, 0.1) is 6.92 Å². The summed E-state index contributed by atoms with van der Waals surface area (Å²) in [5.74, 6) is 1.32. The average molecular weight is 477 g/mol. The number of guanidine groups is 1. The molecule has 0 saturated heterocycles. The number of thiazole rings is 1. The summed E-state index contributed by atoms with van der Waals surface area (Å²) in [5, 5.41) is 9.57. The minimum atomic E-state index is 0. The molecule has 0 saturated carbocycles. The van der Waals surface area contributed by atoms with Crippen molar-refractivity contribution in [1.29, 1.82) is 0 Å². The average Bonchev–Trinajstić information content (AvgIpc) is 3.02. The van der Waals surface area contributed by atoms with Crippen molar-refractivity contribution < 1.29 is 9.47 Å². The topological polar surface area (TPSA) is 80.7 Å². The molecule has 25 heavy (non-hydrogen) atoms. The lowest BCUT2D eigenvalue weighted by Gasteiger charge is -2.11. The lowest BCUT2D eigenvalue weighted by Crippen LogP contribution is -2.36. The molecule has 0 aliphatic carbocycles. The first-order valence-corrected chi connectivity index (χ1v) is 8.51. The van der Waals surface area contributed by atoms with Crippen LogP contribution in [-0.2, 0) is 17.8 Å². The van der Waals surface area contributed by atoms with E-state index in [-0.39, 0.29) is 24.0 Å². The Morgan fingerprint density at radius 2 is 2.04 bits per heavy atom. The fourth-order valence-corrected chi connectivity index (χ4v) is 2.59. The smallest absolute Gasteiger partial charge is 0.213 e. The molecule has 0 fully saturated rings. The van der Waals surface area contributed by atoms with Crippen LogP contribution in [0.5, 0.6) is 5.88 Å². The first-order chi connectivity index (χ1) is 11.7. The largest absolute Gasteiger partial charge is 0.475 e. The van der Waals surface area contributed by atoms with Gasteiger partial charge in [0, 0.05) is 44.0 Å². The maximum absolute atomic E-state index is 5.44. The molecular formula is C16H24IN5O2S. The van der Waals surface area contributed by atoms with E-state index in [2.05, 4.69) is 25.6 Å². The third-order valence-corrected chi connectivity index (χ3v) is 4.06. The van der Waals surface area contributed by atoms with Crippen molar-refractivity contribution in [3.63, 3.8) is 0 Å². The summed E-state index contributed by atoms with van der Waals surface area (Å²) >= 11 is 1.64. The van der Waals surface area contributed by atoms with Crippen LogP contribution in [0.1, 0.15) is 16.3 Å². The van der Waals surface area contributed by atoms with E-state index in [1.807, 2.05) is 24.4 Å². The Hall–Kier alpha value is -1.46. The van der Waals surface area contributed by atoms with Gasteiger partial charge in [-0.25, -0.2) is 9.97 Å². The van der Waals surface area contributed by atoms with Crippen molar-refractivity contribution >= 4 is 41.3 Å². The van der Waals surface area contributed by atoms with Crippen LogP contribution in [0.15, 0.2) is 28.7 Å². The molecule has 2 heterocycles. The number of aliphatic imine (C=N–C) groups is 1. The second kappa shape index (κ2) is 12.0. The van der Waals surface area contributed by atoms with Crippen LogP contribution in [0.3, 0.4) is 0 Å². The fraction of sp³-hybridized carbons (Fsp3) is 0.438. The van der Waals surface area contributed by atoms with Crippen molar-refractivity contribution in [2.24, 2.45) is 4.99 Å². The summed E-state index contributed by atoms with van der Waals surface area (Å²) < 4.78 is 10.4. The Morgan fingerprint density at radius 1 is 1.24 bits per heavy atom. The first-order valence-electron chi connectivity index (χ1n) is 7.63. The minimum absolute atomic E-state index is 0. The third-order valence-electron chi connectivity index (χ3n) is 3.09. The molecule has 2 aromatic rings. The number of rotatable bonds is 8. The molecule has 0 atom stereocenters. The van der Waals surface area contributed by atoms with Gasteiger partial charge < -0.3 is 20.1 Å². The molecule has 2 N–H and O–H groups in total. The molecule has 7 nitrogen and oxygen atoms in total. The van der Waals surface area contributed by atoms with Gasteiger partial charge in [-0.05, 0) is 12.5 Å². The lowest BCUT2D eigenvalue weighted by atomic mass is 10.3. The molecule has 0 spiro atoms. The van der Waals surface area contributed by atoms with E-state index in [1.165, 1.54) is 0 Å². The van der Waals surface area contributed by atoms with Gasteiger partial charge in [0.1, 0.15) is 11.6 Å². The van der Waals surface area contributed by atoms with Gasteiger partial charge in [-0.15, -0.1) is 35.3 Å². The second-order valence-electron chi connectivity index (χ2n) is 5.01. The number of pyridine rings is 1. The number of aromatic nitrogens is 2. The molecular weight excluding hydrogens is 453 g/mol. The van der Waals surface area contributed by atoms with E-state index < -0.39 is 0 Å². The minimum Gasteiger partial charge on any atom is -0.475 e. The number of halogens is 1. The van der Waals surface area contributed by atoms with Crippen LogP contribution in [-0.4, -0.2) is 43.3 Å². The highest BCUT2D eigenvalue weighted by atomic mass is 127. The van der Waals surface area contributed by atoms with Gasteiger partial charge in [0.25, 0.3) is 0 Å². The Kier molecular flexibility index (Phi) is 10.3. The van der Waals surface area contributed by atoms with Gasteiger partial charge in [0.05, 0.1) is 13.2 Å². The van der Waals surface area contributed by atoms with Crippen molar-refractivity contribution in [2.75, 3.05) is 27.4 Å². The van der Waals surface area contributed by atoms with Crippen LogP contribution in [0.25, 0.3) is 0 Å². The van der Waals surface area contributed by atoms with Crippen LogP contribution in [0.2, 0.25) is 0 Å². The maximum Gasteiger partial charge on any atom is 0.213 e. The zero-order chi connectivity index (χ0) is 17.2. The standard InChI is InChI=1S/C16H23N5O2S.HI/c1-12-11-24-15(21-12)10-20-16(17-2)19-9-13-4-5-14(18-8-13)23-7-6-22-3;/h4-5,8,11H,6-7,9-10H2,1-3H3,(H2,17,19,20);1H. The number of hydrogen-bond donors (Lipinski definition) is 2. The Balaban J connectivity index is 0.00000312. The molecule has 138 valence electrons. The number of hydrogen-bond acceptors (Lipinski definition) is 6. The molecule has 0 aliphatic rings. The van der Waals surface area contributed by atoms with Crippen LogP contribution < -0.4 is 15.4 Å². The summed E-state index contributed by atoms with van der Waals surface area (Å²) in [6, 6.07) is 3.82. The Labute approximate surface area is 169 Å². The number of ether oxygens (including phenoxy) is 2. The van der Waals surface area contributed by atoms with Crippen LogP contribution in [0.4, 0.5) is 0 Å². The van der Waals surface area contributed by atoms with E-state index >= 15 is 0 Å². The Bertz CT molecular complexity index is 648. The zero-order valence-electron chi connectivity index (χ0n) is 14.6. The summed E-state index contributed by atoms with van der Waals surface area (Å²) in [6.45, 7) is 4.31. The number of nitrogens with one attached hydrogen (secondary N) is 2. The monoisotopic (exact) mass is 477 g/mol. The maximum atomic E-state index is 5.44. The normalized spacial score (nSPS) is 10.9. The van der Waals surface area contributed by atoms with E-state index in [0.29, 0.717) is 32.2 Å². The molecule has 0 amide bonds. The highest BCUT2D eigenvalue weighted by molar-refractivity contribution is 14.0. The summed E-state index contributed by atoms with van der Waals surface area (Å²) in [4.78, 5) is 12.9. The van der Waals surface area contributed by atoms with E-state index in [1.54, 1.807) is 31.7 Å². The molecule has 2 rings (SSSR count). The van der Waals surface area contributed by atoms with Gasteiger partial charge >= 0.3 is 0 Å². The van der Waals surface area contributed by atoms with Crippen molar-refractivity contribution in [2.45, 2.75) is 20.0 Å². The number of nitrogens with zero attached hydrogens (tertiary/aromatic N) is 3. The molecule has 9 heteroatoms. The summed E-state index contributed by atoms with van der Waals surface area (Å²) in [6.07, 6.45) is 1.78. The van der Waals surface area contributed by atoms with Crippen molar-refractivity contribution in [3.8, 4) is 5.88 Å². The van der Waals surface area contributed by atoms with Gasteiger partial charge in [-0.1, -0.05) is 6.07 Å². The van der Waals surface area contributed by atoms with Crippen LogP contribution >= 0.6 is 35.3 Å². The second-order valence-corrected chi connectivity index (χ2v) is 5.95. The predicted molar refractivity (Wildman–Crippen MR) is 111 cm³/mol. The van der Waals surface area contributed by atoms with Crippen molar-refractivity contribution in [1.82, 2.24) is 20.6 Å². The Morgan fingerprint density at radius 3 is 2.64 bits per heavy atom. The number of methoxy groups -OCH3 is 1. The molecule has 0 unspecified atom stereocenters. The molecule has 0 aliphatic heterocycles. The van der Waals surface area contributed by atoms with Gasteiger partial charge in [0.2, 0.25) is 5.88 Å². The highest BCUT2D eigenvalue weighted by Crippen LogP contribution is 2.08. The predicted octanol–water partition coefficient (Wildman–Crippen LogP) is 2.35. The summed E-state index contributed by atoms with van der Waals surface area (Å²) in [5.41, 5.74) is 2.08. The highest BCUT2D eigenvalue weighted by Gasteiger charge is 2.02. The number of aryl methyl sites for hydroxylation is 1. The fourth-order valence-electron chi connectivity index (χ4n) is 1.88. The van der Waals surface area contributed by atoms with E-state index in [0.717, 1.165) is 22.2 Å². The lowest BCUT2D eigenvalue weighted by molar-refractivity contribution is 0.143. The molecule has 0 bridgehead atoms. The van der Waals surface area contributed by atoms with Gasteiger partial charge in [-0.3, -0.25) is 4.99 Å². The van der Waals surface area contributed by atoms with Gasteiger partial charge in [-0.2, -0.15) is 0 Å². The third kappa shape index (κ3) is 7.97. The van der Waals surface area contributed by atoms with E-state index in [9.17, 15) is 0 Å². The first kappa shape index (κ1) is 21.6. The zero-order valence-corrected chi connectivity index (χ0v) is 17.8. The van der Waals surface area contributed by atoms with Gasteiger partial charge in [0.15, 0.2) is 5.96 Å².